The summed E-state index contributed by atoms with van der Waals surface area (Å²) in [6.07, 6.45) is 4.48. The van der Waals surface area contributed by atoms with E-state index in [-0.39, 0.29) is 0 Å². The number of fused-ring (bicyclic) bond motifs is 2. The minimum atomic E-state index is 0.396. The van der Waals surface area contributed by atoms with Gasteiger partial charge in [0.15, 0.2) is 0 Å². The molecular weight excluding hydrogens is 316 g/mol. The largest absolute Gasteiger partial charge is 0.438 e. The summed E-state index contributed by atoms with van der Waals surface area (Å²) in [5.74, 6) is 1.49. The molecule has 1 aliphatic rings. The van der Waals surface area contributed by atoms with Gasteiger partial charge in [-0.1, -0.05) is 0 Å². The average Bonchev–Trinajstić information content (AvgIpc) is 3.02. The van der Waals surface area contributed by atoms with E-state index in [1.807, 2.05) is 12.3 Å². The summed E-state index contributed by atoms with van der Waals surface area (Å²) < 4.78 is 13.5. The summed E-state index contributed by atoms with van der Waals surface area (Å²) in [5.41, 5.74) is 4.36. The SMILES string of the molecule is COCn1ccc2c(C)c(Oc3ncnc4c3C[C@H](C)NC4)ccc21. The monoisotopic (exact) mass is 338 g/mol. The van der Waals surface area contributed by atoms with E-state index >= 15 is 0 Å². The van der Waals surface area contributed by atoms with Crippen molar-refractivity contribution in [3.05, 3.63) is 47.5 Å². The minimum Gasteiger partial charge on any atom is -0.438 e. The highest BCUT2D eigenvalue weighted by atomic mass is 16.5. The van der Waals surface area contributed by atoms with Gasteiger partial charge in [-0.15, -0.1) is 0 Å². The Bertz CT molecular complexity index is 919. The van der Waals surface area contributed by atoms with Crippen molar-refractivity contribution in [3.8, 4) is 11.6 Å². The molecule has 4 rings (SSSR count). The maximum Gasteiger partial charge on any atom is 0.225 e. The molecular formula is C19H22N4O2. The van der Waals surface area contributed by atoms with Crippen molar-refractivity contribution in [2.75, 3.05) is 7.11 Å². The fraction of sp³-hybridized carbons (Fsp3) is 0.368. The molecule has 0 saturated heterocycles. The van der Waals surface area contributed by atoms with Crippen molar-refractivity contribution in [1.29, 1.82) is 0 Å². The van der Waals surface area contributed by atoms with Crippen molar-refractivity contribution < 1.29 is 9.47 Å². The zero-order valence-corrected chi connectivity index (χ0v) is 14.7. The average molecular weight is 338 g/mol. The molecule has 1 aliphatic heterocycles. The predicted molar refractivity (Wildman–Crippen MR) is 95.8 cm³/mol. The first-order chi connectivity index (χ1) is 12.2. The Hall–Kier alpha value is -2.44. The Kier molecular flexibility index (Phi) is 4.15. The van der Waals surface area contributed by atoms with E-state index in [0.717, 1.165) is 46.4 Å². The lowest BCUT2D eigenvalue weighted by Crippen LogP contribution is -2.33. The second-order valence-corrected chi connectivity index (χ2v) is 6.52. The van der Waals surface area contributed by atoms with Crippen molar-refractivity contribution in [1.82, 2.24) is 19.9 Å². The number of hydrogen-bond donors (Lipinski definition) is 1. The van der Waals surface area contributed by atoms with Gasteiger partial charge < -0.3 is 19.4 Å². The van der Waals surface area contributed by atoms with Crippen LogP contribution in [0.15, 0.2) is 30.7 Å². The number of ether oxygens (including phenoxy) is 2. The molecule has 2 aromatic heterocycles. The van der Waals surface area contributed by atoms with E-state index in [1.54, 1.807) is 13.4 Å². The smallest absolute Gasteiger partial charge is 0.225 e. The highest BCUT2D eigenvalue weighted by Crippen LogP contribution is 2.33. The Labute approximate surface area is 146 Å². The van der Waals surface area contributed by atoms with Gasteiger partial charge in [-0.05, 0) is 38.5 Å². The number of aryl methyl sites for hydroxylation is 1. The van der Waals surface area contributed by atoms with E-state index in [1.165, 1.54) is 0 Å². The Morgan fingerprint density at radius 2 is 2.16 bits per heavy atom. The lowest BCUT2D eigenvalue weighted by atomic mass is 10.0. The Morgan fingerprint density at radius 3 is 3.00 bits per heavy atom. The molecule has 6 nitrogen and oxygen atoms in total. The highest BCUT2D eigenvalue weighted by Gasteiger charge is 2.21. The van der Waals surface area contributed by atoms with Crippen LogP contribution in [-0.4, -0.2) is 27.7 Å². The van der Waals surface area contributed by atoms with Crippen molar-refractivity contribution in [2.24, 2.45) is 0 Å². The molecule has 0 spiro atoms. The molecule has 1 aromatic carbocycles. The molecule has 0 amide bonds. The molecule has 0 unspecified atom stereocenters. The maximum absolute atomic E-state index is 6.21. The molecule has 1 N–H and O–H groups in total. The third-order valence-corrected chi connectivity index (χ3v) is 4.77. The molecule has 0 bridgehead atoms. The van der Waals surface area contributed by atoms with E-state index in [2.05, 4.69) is 45.8 Å². The van der Waals surface area contributed by atoms with Crippen molar-refractivity contribution in [2.45, 2.75) is 39.6 Å². The summed E-state index contributed by atoms with van der Waals surface area (Å²) in [4.78, 5) is 8.77. The number of methoxy groups -OCH3 is 1. The first-order valence-electron chi connectivity index (χ1n) is 8.48. The van der Waals surface area contributed by atoms with Gasteiger partial charge in [0.05, 0.1) is 11.2 Å². The van der Waals surface area contributed by atoms with E-state index in [9.17, 15) is 0 Å². The number of nitrogens with one attached hydrogen (secondary N) is 1. The minimum absolute atomic E-state index is 0.396. The fourth-order valence-corrected chi connectivity index (χ4v) is 3.39. The number of aromatic nitrogens is 3. The van der Waals surface area contributed by atoms with E-state index in [4.69, 9.17) is 9.47 Å². The standard InChI is InChI=1S/C19H22N4O2/c1-12-8-15-16(9-20-12)21-10-22-19(15)25-18-5-4-17-14(13(18)2)6-7-23(17)11-24-3/h4-7,10,12,20H,8-9,11H2,1-3H3/t12-/m0/s1. The van der Waals surface area contributed by atoms with Crippen LogP contribution >= 0.6 is 0 Å². The van der Waals surface area contributed by atoms with Crippen LogP contribution in [0.25, 0.3) is 10.9 Å². The quantitative estimate of drug-likeness (QED) is 0.792. The summed E-state index contributed by atoms with van der Waals surface area (Å²) in [6.45, 7) is 5.53. The number of rotatable bonds is 4. The zero-order chi connectivity index (χ0) is 17.4. The van der Waals surface area contributed by atoms with Gasteiger partial charge in [-0.3, -0.25) is 0 Å². The molecule has 130 valence electrons. The first-order valence-corrected chi connectivity index (χ1v) is 8.48. The molecule has 0 radical (unpaired) electrons. The van der Waals surface area contributed by atoms with Crippen LogP contribution in [0.3, 0.4) is 0 Å². The second-order valence-electron chi connectivity index (χ2n) is 6.52. The van der Waals surface area contributed by atoms with Crippen LogP contribution < -0.4 is 10.1 Å². The second kappa shape index (κ2) is 6.46. The van der Waals surface area contributed by atoms with Gasteiger partial charge in [-0.25, -0.2) is 9.97 Å². The van der Waals surface area contributed by atoms with E-state index in [0.29, 0.717) is 18.7 Å². The fourth-order valence-electron chi connectivity index (χ4n) is 3.39. The Balaban J connectivity index is 1.71. The van der Waals surface area contributed by atoms with Gasteiger partial charge in [0.2, 0.25) is 5.88 Å². The topological polar surface area (TPSA) is 61.2 Å². The summed E-state index contributed by atoms with van der Waals surface area (Å²) >= 11 is 0. The summed E-state index contributed by atoms with van der Waals surface area (Å²) in [6, 6.07) is 6.56. The van der Waals surface area contributed by atoms with Crippen LogP contribution in [-0.2, 0) is 24.4 Å². The predicted octanol–water partition coefficient (Wildman–Crippen LogP) is 3.17. The summed E-state index contributed by atoms with van der Waals surface area (Å²) in [7, 11) is 1.70. The van der Waals surface area contributed by atoms with Crippen molar-refractivity contribution in [3.63, 3.8) is 0 Å². The molecule has 3 heterocycles. The molecule has 1 atom stereocenters. The van der Waals surface area contributed by atoms with Gasteiger partial charge in [0.25, 0.3) is 0 Å². The van der Waals surface area contributed by atoms with Crippen LogP contribution in [0.5, 0.6) is 11.6 Å². The molecule has 0 saturated carbocycles. The molecule has 0 aliphatic carbocycles. The highest BCUT2D eigenvalue weighted by molar-refractivity contribution is 5.85. The first kappa shape index (κ1) is 16.1. The number of benzene rings is 1. The van der Waals surface area contributed by atoms with Gasteiger partial charge >= 0.3 is 0 Å². The van der Waals surface area contributed by atoms with Gasteiger partial charge in [0, 0.05) is 42.4 Å². The Morgan fingerprint density at radius 1 is 1.28 bits per heavy atom. The maximum atomic E-state index is 6.21. The molecule has 6 heteroatoms. The van der Waals surface area contributed by atoms with Crippen LogP contribution in [0.2, 0.25) is 0 Å². The number of hydrogen-bond acceptors (Lipinski definition) is 5. The number of nitrogens with zero attached hydrogens (tertiary/aromatic N) is 3. The molecule has 3 aromatic rings. The third-order valence-electron chi connectivity index (χ3n) is 4.77. The van der Waals surface area contributed by atoms with Crippen LogP contribution in [0.1, 0.15) is 23.7 Å². The normalized spacial score (nSPS) is 16.8. The van der Waals surface area contributed by atoms with Crippen LogP contribution in [0.4, 0.5) is 0 Å². The summed E-state index contributed by atoms with van der Waals surface area (Å²) in [5, 5.41) is 4.58. The molecule has 0 fully saturated rings. The lowest BCUT2D eigenvalue weighted by molar-refractivity contribution is 0.135. The zero-order valence-electron chi connectivity index (χ0n) is 14.7. The van der Waals surface area contributed by atoms with Crippen LogP contribution in [0, 0.1) is 6.92 Å². The van der Waals surface area contributed by atoms with Gasteiger partial charge in [-0.2, -0.15) is 0 Å². The third kappa shape index (κ3) is 2.88. The lowest BCUT2D eigenvalue weighted by Gasteiger charge is -2.23. The van der Waals surface area contributed by atoms with Gasteiger partial charge in [0.1, 0.15) is 18.8 Å². The van der Waals surface area contributed by atoms with E-state index < -0.39 is 0 Å². The van der Waals surface area contributed by atoms with Crippen molar-refractivity contribution >= 4 is 10.9 Å². The molecule has 25 heavy (non-hydrogen) atoms.